The summed E-state index contributed by atoms with van der Waals surface area (Å²) < 4.78 is 13.8. The summed E-state index contributed by atoms with van der Waals surface area (Å²) in [5.41, 5.74) is 0.717. The molecule has 0 bridgehead atoms. The summed E-state index contributed by atoms with van der Waals surface area (Å²) in [6.45, 7) is 2.79. The average Bonchev–Trinajstić information content (AvgIpc) is 2.50. The van der Waals surface area contributed by atoms with E-state index in [1.54, 1.807) is 6.07 Å². The molecule has 1 aliphatic carbocycles. The molecule has 3 heteroatoms. The lowest BCUT2D eigenvalue weighted by Gasteiger charge is -2.38. The Morgan fingerprint density at radius 1 is 1.33 bits per heavy atom. The van der Waals surface area contributed by atoms with Crippen molar-refractivity contribution >= 4 is 0 Å². The van der Waals surface area contributed by atoms with Gasteiger partial charge in [-0.05, 0) is 38.3 Å². The van der Waals surface area contributed by atoms with Crippen molar-refractivity contribution in [2.24, 2.45) is 11.8 Å². The highest BCUT2D eigenvalue weighted by Gasteiger charge is 2.32. The van der Waals surface area contributed by atoms with Gasteiger partial charge < -0.3 is 0 Å². The Kier molecular flexibility index (Phi) is 5.76. The van der Waals surface area contributed by atoms with Crippen molar-refractivity contribution in [2.75, 3.05) is 7.05 Å². The predicted molar refractivity (Wildman–Crippen MR) is 83.0 cm³/mol. The highest BCUT2D eigenvalue weighted by molar-refractivity contribution is 5.17. The SMILES string of the molecule is CCCC1CCC(C#N)C(N(C)Cc2ccccc2F)C1. The summed E-state index contributed by atoms with van der Waals surface area (Å²) in [6.07, 6.45) is 5.65. The smallest absolute Gasteiger partial charge is 0.127 e. The van der Waals surface area contributed by atoms with Crippen LogP contribution in [0, 0.1) is 29.0 Å². The standard InChI is InChI=1S/C18H25FN2/c1-3-6-14-9-10-15(12-20)18(11-14)21(2)13-16-7-4-5-8-17(16)19/h4-5,7-8,14-15,18H,3,6,9-11,13H2,1-2H3. The van der Waals surface area contributed by atoms with Crippen LogP contribution >= 0.6 is 0 Å². The Bertz CT molecular complexity index is 494. The largest absolute Gasteiger partial charge is 0.298 e. The minimum absolute atomic E-state index is 0.0786. The van der Waals surface area contributed by atoms with Crippen LogP contribution < -0.4 is 0 Å². The zero-order valence-electron chi connectivity index (χ0n) is 13.1. The molecule has 0 N–H and O–H groups in total. The topological polar surface area (TPSA) is 27.0 Å². The van der Waals surface area contributed by atoms with E-state index < -0.39 is 0 Å². The van der Waals surface area contributed by atoms with E-state index >= 15 is 0 Å². The van der Waals surface area contributed by atoms with Crippen molar-refractivity contribution in [3.8, 4) is 6.07 Å². The minimum atomic E-state index is -0.154. The van der Waals surface area contributed by atoms with E-state index in [-0.39, 0.29) is 17.8 Å². The van der Waals surface area contributed by atoms with Gasteiger partial charge in [0.15, 0.2) is 0 Å². The summed E-state index contributed by atoms with van der Waals surface area (Å²) >= 11 is 0. The Labute approximate surface area is 127 Å². The zero-order valence-corrected chi connectivity index (χ0v) is 13.1. The molecular weight excluding hydrogens is 263 g/mol. The van der Waals surface area contributed by atoms with Crippen LogP contribution in [0.4, 0.5) is 4.39 Å². The number of halogens is 1. The second-order valence-electron chi connectivity index (χ2n) is 6.28. The van der Waals surface area contributed by atoms with Gasteiger partial charge in [0, 0.05) is 18.2 Å². The molecule has 0 aliphatic heterocycles. The van der Waals surface area contributed by atoms with E-state index in [0.717, 1.165) is 19.3 Å². The first-order valence-corrected chi connectivity index (χ1v) is 7.99. The van der Waals surface area contributed by atoms with E-state index in [4.69, 9.17) is 0 Å². The molecule has 0 aromatic heterocycles. The van der Waals surface area contributed by atoms with Crippen LogP contribution in [0.3, 0.4) is 0 Å². The first-order valence-electron chi connectivity index (χ1n) is 7.99. The molecule has 0 radical (unpaired) electrons. The second kappa shape index (κ2) is 7.56. The normalized spacial score (nSPS) is 25.8. The number of nitrogens with zero attached hydrogens (tertiary/aromatic N) is 2. The van der Waals surface area contributed by atoms with E-state index in [1.807, 2.05) is 19.2 Å². The molecule has 3 atom stereocenters. The second-order valence-corrected chi connectivity index (χ2v) is 6.28. The molecule has 1 aliphatic rings. The quantitative estimate of drug-likeness (QED) is 0.804. The summed E-state index contributed by atoms with van der Waals surface area (Å²) in [7, 11) is 2.02. The molecule has 0 amide bonds. The number of rotatable bonds is 5. The van der Waals surface area contributed by atoms with E-state index in [1.165, 1.54) is 18.9 Å². The van der Waals surface area contributed by atoms with Gasteiger partial charge in [0.25, 0.3) is 0 Å². The van der Waals surface area contributed by atoms with Crippen molar-refractivity contribution < 1.29 is 4.39 Å². The molecule has 1 aromatic rings. The molecule has 2 rings (SSSR count). The highest BCUT2D eigenvalue weighted by Crippen LogP contribution is 2.34. The van der Waals surface area contributed by atoms with Gasteiger partial charge in [-0.25, -0.2) is 4.39 Å². The monoisotopic (exact) mass is 288 g/mol. The van der Waals surface area contributed by atoms with Gasteiger partial charge in [0.1, 0.15) is 5.82 Å². The van der Waals surface area contributed by atoms with E-state index in [9.17, 15) is 9.65 Å². The minimum Gasteiger partial charge on any atom is -0.298 e. The van der Waals surface area contributed by atoms with Crippen molar-refractivity contribution in [1.29, 1.82) is 5.26 Å². The molecule has 1 saturated carbocycles. The van der Waals surface area contributed by atoms with Crippen molar-refractivity contribution in [1.82, 2.24) is 4.90 Å². The maximum absolute atomic E-state index is 13.8. The fraction of sp³-hybridized carbons (Fsp3) is 0.611. The molecule has 0 heterocycles. The third-order valence-electron chi connectivity index (χ3n) is 4.73. The first kappa shape index (κ1) is 16.0. The Balaban J connectivity index is 2.06. The molecule has 1 fully saturated rings. The summed E-state index contributed by atoms with van der Waals surface area (Å²) in [4.78, 5) is 2.17. The third kappa shape index (κ3) is 4.04. The van der Waals surface area contributed by atoms with Crippen LogP contribution in [-0.4, -0.2) is 18.0 Å². The van der Waals surface area contributed by atoms with Gasteiger partial charge in [-0.2, -0.15) is 5.26 Å². The molecule has 1 aromatic carbocycles. The average molecular weight is 288 g/mol. The maximum atomic E-state index is 13.8. The molecule has 0 saturated heterocycles. The van der Waals surface area contributed by atoms with Gasteiger partial charge in [0.05, 0.1) is 12.0 Å². The molecule has 21 heavy (non-hydrogen) atoms. The van der Waals surface area contributed by atoms with Gasteiger partial charge in [-0.1, -0.05) is 38.0 Å². The van der Waals surface area contributed by atoms with Crippen LogP contribution in [0.1, 0.15) is 44.6 Å². The van der Waals surface area contributed by atoms with Crippen LogP contribution in [0.5, 0.6) is 0 Å². The fourth-order valence-electron chi connectivity index (χ4n) is 3.55. The maximum Gasteiger partial charge on any atom is 0.127 e. The number of nitriles is 1. The Morgan fingerprint density at radius 3 is 2.76 bits per heavy atom. The third-order valence-corrected chi connectivity index (χ3v) is 4.73. The number of hydrogen-bond acceptors (Lipinski definition) is 2. The van der Waals surface area contributed by atoms with Crippen molar-refractivity contribution in [3.05, 3.63) is 35.6 Å². The lowest BCUT2D eigenvalue weighted by atomic mass is 9.76. The van der Waals surface area contributed by atoms with Crippen molar-refractivity contribution in [3.63, 3.8) is 0 Å². The van der Waals surface area contributed by atoms with Gasteiger partial charge in [-0.3, -0.25) is 4.90 Å². The summed E-state index contributed by atoms with van der Waals surface area (Å²) in [5, 5.41) is 9.40. The molecule has 2 nitrogen and oxygen atoms in total. The first-order chi connectivity index (χ1) is 10.2. The van der Waals surface area contributed by atoms with Crippen molar-refractivity contribution in [2.45, 2.75) is 51.6 Å². The Hall–Kier alpha value is -1.40. The van der Waals surface area contributed by atoms with Gasteiger partial charge in [0.2, 0.25) is 0 Å². The number of hydrogen-bond donors (Lipinski definition) is 0. The molecule has 3 unspecified atom stereocenters. The van der Waals surface area contributed by atoms with Crippen LogP contribution in [0.15, 0.2) is 24.3 Å². The van der Waals surface area contributed by atoms with Crippen LogP contribution in [0.25, 0.3) is 0 Å². The van der Waals surface area contributed by atoms with Gasteiger partial charge >= 0.3 is 0 Å². The lowest BCUT2D eigenvalue weighted by molar-refractivity contribution is 0.115. The molecular formula is C18H25FN2. The van der Waals surface area contributed by atoms with Gasteiger partial charge in [-0.15, -0.1) is 0 Å². The molecule has 114 valence electrons. The van der Waals surface area contributed by atoms with E-state index in [2.05, 4.69) is 17.9 Å². The molecule has 0 spiro atoms. The fourth-order valence-corrected chi connectivity index (χ4v) is 3.55. The Morgan fingerprint density at radius 2 is 2.10 bits per heavy atom. The van der Waals surface area contributed by atoms with Crippen LogP contribution in [-0.2, 0) is 6.54 Å². The van der Waals surface area contributed by atoms with E-state index in [0.29, 0.717) is 18.0 Å². The number of benzene rings is 1. The summed E-state index contributed by atoms with van der Waals surface area (Å²) in [5.74, 6) is 0.640. The predicted octanol–water partition coefficient (Wildman–Crippen LogP) is 4.37. The van der Waals surface area contributed by atoms with Crippen LogP contribution in [0.2, 0.25) is 0 Å². The highest BCUT2D eigenvalue weighted by atomic mass is 19.1. The lowest BCUT2D eigenvalue weighted by Crippen LogP contribution is -2.41. The summed E-state index contributed by atoms with van der Waals surface area (Å²) in [6, 6.07) is 9.64. The zero-order chi connectivity index (χ0) is 15.2.